The molecule has 1 aliphatic rings. The molecule has 0 atom stereocenters. The van der Waals surface area contributed by atoms with Crippen molar-refractivity contribution in [3.8, 4) is 0 Å². The van der Waals surface area contributed by atoms with E-state index < -0.39 is 0 Å². The second-order valence-corrected chi connectivity index (χ2v) is 6.65. The lowest BCUT2D eigenvalue weighted by molar-refractivity contribution is 0.377. The summed E-state index contributed by atoms with van der Waals surface area (Å²) in [6.45, 7) is 3.01. The summed E-state index contributed by atoms with van der Waals surface area (Å²) in [7, 11) is 0. The van der Waals surface area contributed by atoms with Gasteiger partial charge in [-0.3, -0.25) is 0 Å². The average molecular weight is 256 g/mol. The Balaban J connectivity index is 1.71. The Hall–Kier alpha value is -0.0600. The number of thioether (sulfide) groups is 1. The Morgan fingerprint density at radius 3 is 2.75 bits per heavy atom. The molecule has 1 N–H and O–H groups in total. The fourth-order valence-corrected chi connectivity index (χ4v) is 3.60. The van der Waals surface area contributed by atoms with Gasteiger partial charge in [0.2, 0.25) is 0 Å². The minimum absolute atomic E-state index is 0.713. The molecule has 2 rings (SSSR count). The third kappa shape index (κ3) is 3.47. The molecule has 1 fully saturated rings. The van der Waals surface area contributed by atoms with Crippen LogP contribution in [0.15, 0.2) is 5.38 Å². The lowest BCUT2D eigenvalue weighted by atomic mass is 9.95. The molecule has 1 saturated carbocycles. The molecule has 1 aromatic rings. The van der Waals surface area contributed by atoms with Crippen LogP contribution in [0, 0.1) is 6.92 Å². The van der Waals surface area contributed by atoms with E-state index in [0.717, 1.165) is 11.8 Å². The van der Waals surface area contributed by atoms with Gasteiger partial charge in [0.1, 0.15) is 0 Å². The van der Waals surface area contributed by atoms with E-state index in [9.17, 15) is 0 Å². The number of nitrogens with one attached hydrogen (secondary N) is 1. The molecule has 0 radical (unpaired) electrons. The first-order valence-electron chi connectivity index (χ1n) is 5.95. The second-order valence-electron chi connectivity index (χ2n) is 4.45. The summed E-state index contributed by atoms with van der Waals surface area (Å²) in [5.74, 6) is 0. The molecule has 0 bridgehead atoms. The monoisotopic (exact) mass is 256 g/mol. The summed E-state index contributed by atoms with van der Waals surface area (Å²) in [5.41, 5.74) is 1.20. The minimum atomic E-state index is 0.713. The van der Waals surface area contributed by atoms with Crippen molar-refractivity contribution in [1.29, 1.82) is 0 Å². The molecule has 1 heterocycles. The predicted molar refractivity (Wildman–Crippen MR) is 73.2 cm³/mol. The molecule has 4 heteroatoms. The van der Waals surface area contributed by atoms with Crippen LogP contribution in [-0.2, 0) is 6.54 Å². The fourth-order valence-electron chi connectivity index (χ4n) is 2.24. The summed E-state index contributed by atoms with van der Waals surface area (Å²) >= 11 is 3.77. The van der Waals surface area contributed by atoms with Gasteiger partial charge in [-0.05, 0) is 38.9 Å². The Morgan fingerprint density at radius 1 is 1.44 bits per heavy atom. The van der Waals surface area contributed by atoms with Gasteiger partial charge in [0.25, 0.3) is 0 Å². The van der Waals surface area contributed by atoms with Crippen LogP contribution in [0.25, 0.3) is 0 Å². The van der Waals surface area contributed by atoms with Gasteiger partial charge in [-0.1, -0.05) is 0 Å². The maximum atomic E-state index is 4.48. The van der Waals surface area contributed by atoms with Gasteiger partial charge in [0, 0.05) is 23.2 Å². The Bertz CT molecular complexity index is 317. The highest BCUT2D eigenvalue weighted by molar-refractivity contribution is 7.99. The average Bonchev–Trinajstić information content (AvgIpc) is 2.73. The first kappa shape index (κ1) is 12.4. The highest BCUT2D eigenvalue weighted by Gasteiger charge is 2.19. The van der Waals surface area contributed by atoms with E-state index in [4.69, 9.17) is 0 Å². The van der Waals surface area contributed by atoms with Crippen LogP contribution >= 0.6 is 23.1 Å². The number of aromatic nitrogens is 1. The SMILES string of the molecule is CSC1CCC(NCc2csc(C)n2)CC1. The zero-order valence-electron chi connectivity index (χ0n) is 10.0. The minimum Gasteiger partial charge on any atom is -0.308 e. The zero-order valence-corrected chi connectivity index (χ0v) is 11.7. The quantitative estimate of drug-likeness (QED) is 0.895. The second kappa shape index (κ2) is 6.03. The molecule has 16 heavy (non-hydrogen) atoms. The lowest BCUT2D eigenvalue weighted by Crippen LogP contribution is -2.33. The van der Waals surface area contributed by atoms with Crippen molar-refractivity contribution in [3.05, 3.63) is 16.1 Å². The van der Waals surface area contributed by atoms with E-state index in [2.05, 4.69) is 28.9 Å². The zero-order chi connectivity index (χ0) is 11.4. The first-order valence-corrected chi connectivity index (χ1v) is 8.12. The number of nitrogens with zero attached hydrogens (tertiary/aromatic N) is 1. The lowest BCUT2D eigenvalue weighted by Gasteiger charge is -2.27. The van der Waals surface area contributed by atoms with E-state index in [-0.39, 0.29) is 0 Å². The Morgan fingerprint density at radius 2 is 2.19 bits per heavy atom. The van der Waals surface area contributed by atoms with Gasteiger partial charge in [-0.2, -0.15) is 11.8 Å². The Kier molecular flexibility index (Phi) is 4.67. The van der Waals surface area contributed by atoms with E-state index in [0.29, 0.717) is 6.04 Å². The van der Waals surface area contributed by atoms with E-state index >= 15 is 0 Å². The molecule has 1 aromatic heterocycles. The van der Waals surface area contributed by atoms with Crippen LogP contribution in [-0.4, -0.2) is 22.5 Å². The molecule has 1 aliphatic carbocycles. The summed E-state index contributed by atoms with van der Waals surface area (Å²) in [6, 6.07) is 0.713. The normalized spacial score (nSPS) is 25.9. The molecular formula is C12H20N2S2. The number of rotatable bonds is 4. The topological polar surface area (TPSA) is 24.9 Å². The van der Waals surface area contributed by atoms with Gasteiger partial charge >= 0.3 is 0 Å². The predicted octanol–water partition coefficient (Wildman–Crippen LogP) is 3.22. The summed E-state index contributed by atoms with van der Waals surface area (Å²) < 4.78 is 0. The highest BCUT2D eigenvalue weighted by atomic mass is 32.2. The fraction of sp³-hybridized carbons (Fsp3) is 0.750. The molecular weight excluding hydrogens is 236 g/mol. The summed E-state index contributed by atoms with van der Waals surface area (Å²) in [4.78, 5) is 4.48. The molecule has 90 valence electrons. The van der Waals surface area contributed by atoms with Crippen LogP contribution in [0.2, 0.25) is 0 Å². The van der Waals surface area contributed by atoms with Crippen LogP contribution < -0.4 is 5.32 Å². The first-order chi connectivity index (χ1) is 7.78. The number of hydrogen-bond donors (Lipinski definition) is 1. The van der Waals surface area contributed by atoms with Crippen LogP contribution in [0.3, 0.4) is 0 Å². The molecule has 0 saturated heterocycles. The summed E-state index contributed by atoms with van der Waals surface area (Å²) in [5, 5.41) is 7.87. The molecule has 2 nitrogen and oxygen atoms in total. The van der Waals surface area contributed by atoms with E-state index in [1.165, 1.54) is 36.4 Å². The van der Waals surface area contributed by atoms with Crippen molar-refractivity contribution in [1.82, 2.24) is 10.3 Å². The third-order valence-electron chi connectivity index (χ3n) is 3.25. The van der Waals surface area contributed by atoms with Gasteiger partial charge < -0.3 is 5.32 Å². The maximum Gasteiger partial charge on any atom is 0.0897 e. The third-order valence-corrected chi connectivity index (χ3v) is 5.21. The smallest absolute Gasteiger partial charge is 0.0897 e. The van der Waals surface area contributed by atoms with E-state index in [1.807, 2.05) is 11.8 Å². The summed E-state index contributed by atoms with van der Waals surface area (Å²) in [6.07, 6.45) is 7.63. The maximum absolute atomic E-state index is 4.48. The van der Waals surface area contributed by atoms with Crippen molar-refractivity contribution >= 4 is 23.1 Å². The van der Waals surface area contributed by atoms with Gasteiger partial charge in [-0.25, -0.2) is 4.98 Å². The van der Waals surface area contributed by atoms with Crippen molar-refractivity contribution in [3.63, 3.8) is 0 Å². The number of thiazole rings is 1. The van der Waals surface area contributed by atoms with E-state index in [1.54, 1.807) is 11.3 Å². The number of aryl methyl sites for hydroxylation is 1. The molecule has 0 aliphatic heterocycles. The van der Waals surface area contributed by atoms with Crippen LogP contribution in [0.1, 0.15) is 36.4 Å². The van der Waals surface area contributed by atoms with Crippen molar-refractivity contribution in [2.45, 2.75) is 50.4 Å². The van der Waals surface area contributed by atoms with Gasteiger partial charge in [0.15, 0.2) is 0 Å². The van der Waals surface area contributed by atoms with Crippen molar-refractivity contribution in [2.24, 2.45) is 0 Å². The van der Waals surface area contributed by atoms with Crippen molar-refractivity contribution in [2.75, 3.05) is 6.26 Å². The van der Waals surface area contributed by atoms with Gasteiger partial charge in [0.05, 0.1) is 10.7 Å². The van der Waals surface area contributed by atoms with Crippen LogP contribution in [0.5, 0.6) is 0 Å². The molecule has 0 spiro atoms. The van der Waals surface area contributed by atoms with Gasteiger partial charge in [-0.15, -0.1) is 11.3 Å². The Labute approximate surface area is 106 Å². The molecule has 0 amide bonds. The largest absolute Gasteiger partial charge is 0.308 e. The molecule has 0 unspecified atom stereocenters. The van der Waals surface area contributed by atoms with Crippen molar-refractivity contribution < 1.29 is 0 Å². The highest BCUT2D eigenvalue weighted by Crippen LogP contribution is 2.26. The molecule has 0 aromatic carbocycles. The standard InChI is InChI=1S/C12H20N2S2/c1-9-14-11(8-16-9)7-13-10-3-5-12(15-2)6-4-10/h8,10,12-13H,3-7H2,1-2H3. The van der Waals surface area contributed by atoms with Crippen LogP contribution in [0.4, 0.5) is 0 Å². The number of hydrogen-bond acceptors (Lipinski definition) is 4.